The van der Waals surface area contributed by atoms with E-state index in [2.05, 4.69) is 0 Å². The van der Waals surface area contributed by atoms with Crippen molar-refractivity contribution in [1.29, 1.82) is 0 Å². The van der Waals surface area contributed by atoms with Gasteiger partial charge in [-0.3, -0.25) is 4.79 Å². The molecule has 0 aromatic rings. The minimum absolute atomic E-state index is 0. The second-order valence-corrected chi connectivity index (χ2v) is 3.65. The highest BCUT2D eigenvalue weighted by atomic mass is 35.5. The zero-order valence-electron chi connectivity index (χ0n) is 7.13. The summed E-state index contributed by atoms with van der Waals surface area (Å²) in [6.45, 7) is 2.25. The van der Waals surface area contributed by atoms with Crippen molar-refractivity contribution in [3.8, 4) is 0 Å². The van der Waals surface area contributed by atoms with Crippen LogP contribution >= 0.6 is 12.4 Å². The van der Waals surface area contributed by atoms with E-state index < -0.39 is 5.54 Å². The van der Waals surface area contributed by atoms with E-state index in [0.29, 0.717) is 6.61 Å². The van der Waals surface area contributed by atoms with E-state index in [1.54, 1.807) is 0 Å². The summed E-state index contributed by atoms with van der Waals surface area (Å²) < 4.78 is 4.88. The highest BCUT2D eigenvalue weighted by molar-refractivity contribution is 5.87. The lowest BCUT2D eigenvalue weighted by Gasteiger charge is -2.08. The van der Waals surface area contributed by atoms with Gasteiger partial charge in [0.15, 0.2) is 0 Å². The van der Waals surface area contributed by atoms with Crippen LogP contribution in [0.15, 0.2) is 0 Å². The van der Waals surface area contributed by atoms with Crippen molar-refractivity contribution in [3.05, 3.63) is 0 Å². The van der Waals surface area contributed by atoms with Crippen molar-refractivity contribution in [1.82, 2.24) is 0 Å². The zero-order valence-corrected chi connectivity index (χ0v) is 7.95. The van der Waals surface area contributed by atoms with Gasteiger partial charge in [-0.2, -0.15) is 0 Å². The smallest absolute Gasteiger partial charge is 0.326 e. The molecule has 0 aromatic carbocycles. The molecule has 0 heterocycles. The summed E-state index contributed by atoms with van der Waals surface area (Å²) in [4.78, 5) is 11.2. The molecule has 0 aliphatic heterocycles. The Morgan fingerprint density at radius 1 is 1.58 bits per heavy atom. The van der Waals surface area contributed by atoms with Crippen LogP contribution in [0.5, 0.6) is 0 Å². The number of ether oxygens (including phenoxy) is 1. The van der Waals surface area contributed by atoms with Crippen LogP contribution in [0.3, 0.4) is 0 Å². The van der Waals surface area contributed by atoms with Crippen LogP contribution in [0.25, 0.3) is 0 Å². The fourth-order valence-corrected chi connectivity index (χ4v) is 1.81. The minimum atomic E-state index is -0.594. The van der Waals surface area contributed by atoms with Crippen molar-refractivity contribution in [2.45, 2.75) is 31.7 Å². The molecule has 2 rings (SSSR count). The van der Waals surface area contributed by atoms with Gasteiger partial charge in [-0.1, -0.05) is 0 Å². The third-order valence-electron chi connectivity index (χ3n) is 2.93. The molecule has 0 bridgehead atoms. The molecule has 3 nitrogen and oxygen atoms in total. The monoisotopic (exact) mass is 191 g/mol. The largest absolute Gasteiger partial charge is 0.465 e. The average Bonchev–Trinajstić information content (AvgIpc) is 2.79. The summed E-state index contributed by atoms with van der Waals surface area (Å²) in [5.74, 6) is -0.197. The Bertz CT molecular complexity index is 215. The van der Waals surface area contributed by atoms with Gasteiger partial charge < -0.3 is 10.5 Å². The summed E-state index contributed by atoms with van der Waals surface area (Å²) >= 11 is 0. The minimum Gasteiger partial charge on any atom is -0.465 e. The van der Waals surface area contributed by atoms with E-state index >= 15 is 0 Å². The number of nitrogens with two attached hydrogens (primary N) is 1. The molecule has 12 heavy (non-hydrogen) atoms. The maximum absolute atomic E-state index is 11.2. The maximum atomic E-state index is 11.2. The quantitative estimate of drug-likeness (QED) is 0.659. The fraction of sp³-hybridized carbons (Fsp3) is 0.875. The molecule has 1 atom stereocenters. The second kappa shape index (κ2) is 2.60. The standard InChI is InChI=1S/C8H13NO2.ClH/c1-2-11-6(10)8(9)5-7(8)3-4-7;/h2-5,9H2,1H3;1H. The van der Waals surface area contributed by atoms with Crippen LogP contribution in [0.1, 0.15) is 26.2 Å². The number of rotatable bonds is 2. The van der Waals surface area contributed by atoms with Gasteiger partial charge in [-0.15, -0.1) is 12.4 Å². The van der Waals surface area contributed by atoms with Crippen LogP contribution in [0.2, 0.25) is 0 Å². The fourth-order valence-electron chi connectivity index (χ4n) is 1.81. The highest BCUT2D eigenvalue weighted by Crippen LogP contribution is 2.72. The number of hydrogen-bond donors (Lipinski definition) is 1. The lowest BCUT2D eigenvalue weighted by Crippen LogP contribution is -2.37. The van der Waals surface area contributed by atoms with E-state index in [1.165, 1.54) is 0 Å². The Morgan fingerprint density at radius 3 is 2.50 bits per heavy atom. The number of halogens is 1. The van der Waals surface area contributed by atoms with Gasteiger partial charge in [0.05, 0.1) is 6.61 Å². The number of hydrogen-bond acceptors (Lipinski definition) is 3. The first-order valence-electron chi connectivity index (χ1n) is 4.11. The molecule has 70 valence electrons. The Kier molecular flexibility index (Phi) is 2.13. The van der Waals surface area contributed by atoms with Crippen molar-refractivity contribution < 1.29 is 9.53 Å². The van der Waals surface area contributed by atoms with Crippen LogP contribution < -0.4 is 5.73 Å². The van der Waals surface area contributed by atoms with E-state index in [4.69, 9.17) is 10.5 Å². The molecule has 2 saturated carbocycles. The average molecular weight is 192 g/mol. The molecular weight excluding hydrogens is 178 g/mol. The molecule has 4 heteroatoms. The first-order valence-corrected chi connectivity index (χ1v) is 4.11. The Hall–Kier alpha value is -0.280. The van der Waals surface area contributed by atoms with Gasteiger partial charge in [0.25, 0.3) is 0 Å². The van der Waals surface area contributed by atoms with Gasteiger partial charge in [-0.25, -0.2) is 0 Å². The SMILES string of the molecule is CCOC(=O)C1(N)CC12CC2.Cl. The molecular formula is C8H14ClNO2. The molecule has 2 aliphatic carbocycles. The molecule has 2 aliphatic rings. The molecule has 0 aromatic heterocycles. The maximum Gasteiger partial charge on any atom is 0.326 e. The molecule has 0 radical (unpaired) electrons. The topological polar surface area (TPSA) is 52.3 Å². The third-order valence-corrected chi connectivity index (χ3v) is 2.93. The normalized spacial score (nSPS) is 33.8. The second-order valence-electron chi connectivity index (χ2n) is 3.65. The summed E-state index contributed by atoms with van der Waals surface area (Å²) in [5.41, 5.74) is 5.43. The summed E-state index contributed by atoms with van der Waals surface area (Å²) in [7, 11) is 0. The number of esters is 1. The Balaban J connectivity index is 0.000000720. The lowest BCUT2D eigenvalue weighted by atomic mass is 10.2. The number of carbonyl (C=O) groups is 1. The summed E-state index contributed by atoms with van der Waals surface area (Å²) in [6, 6.07) is 0. The van der Waals surface area contributed by atoms with E-state index in [-0.39, 0.29) is 23.8 Å². The van der Waals surface area contributed by atoms with Gasteiger partial charge in [0.2, 0.25) is 0 Å². The molecule has 1 unspecified atom stereocenters. The van der Waals surface area contributed by atoms with Gasteiger partial charge in [-0.05, 0) is 26.2 Å². The molecule has 0 saturated heterocycles. The first-order chi connectivity index (χ1) is 5.15. The first kappa shape index (κ1) is 9.81. The van der Waals surface area contributed by atoms with Gasteiger partial charge in [0, 0.05) is 5.41 Å². The van der Waals surface area contributed by atoms with Crippen LogP contribution in [-0.2, 0) is 9.53 Å². The Labute approximate surface area is 78.1 Å². The predicted molar refractivity (Wildman–Crippen MR) is 47.1 cm³/mol. The number of carbonyl (C=O) groups excluding carboxylic acids is 1. The highest BCUT2D eigenvalue weighted by Gasteiger charge is 2.76. The van der Waals surface area contributed by atoms with Crippen molar-refractivity contribution in [2.24, 2.45) is 11.1 Å². The van der Waals surface area contributed by atoms with Gasteiger partial charge >= 0.3 is 5.97 Å². The van der Waals surface area contributed by atoms with E-state index in [1.807, 2.05) is 6.92 Å². The molecule has 1 spiro atoms. The Morgan fingerprint density at radius 2 is 2.17 bits per heavy atom. The van der Waals surface area contributed by atoms with Crippen LogP contribution in [-0.4, -0.2) is 18.1 Å². The van der Waals surface area contributed by atoms with Crippen LogP contribution in [0.4, 0.5) is 0 Å². The lowest BCUT2D eigenvalue weighted by molar-refractivity contribution is -0.146. The van der Waals surface area contributed by atoms with Crippen molar-refractivity contribution in [2.75, 3.05) is 6.61 Å². The van der Waals surface area contributed by atoms with Crippen molar-refractivity contribution in [3.63, 3.8) is 0 Å². The molecule has 2 fully saturated rings. The van der Waals surface area contributed by atoms with Gasteiger partial charge in [0.1, 0.15) is 5.54 Å². The molecule has 2 N–H and O–H groups in total. The summed E-state index contributed by atoms with van der Waals surface area (Å²) in [5, 5.41) is 0. The van der Waals surface area contributed by atoms with Crippen LogP contribution in [0, 0.1) is 5.41 Å². The molecule has 0 amide bonds. The predicted octanol–water partition coefficient (Wildman–Crippen LogP) is 0.853. The third kappa shape index (κ3) is 1.04. The van der Waals surface area contributed by atoms with E-state index in [9.17, 15) is 4.79 Å². The van der Waals surface area contributed by atoms with Crippen molar-refractivity contribution >= 4 is 18.4 Å². The summed E-state index contributed by atoms with van der Waals surface area (Å²) in [6.07, 6.45) is 3.07. The van der Waals surface area contributed by atoms with E-state index in [0.717, 1.165) is 19.3 Å². The zero-order chi connectivity index (χ0) is 8.11.